The first-order valence-electron chi connectivity index (χ1n) is 6.54. The maximum absolute atomic E-state index is 11.9. The minimum Gasteiger partial charge on any atom is -0.394 e. The summed E-state index contributed by atoms with van der Waals surface area (Å²) in [6.45, 7) is 12.5. The minimum absolute atomic E-state index is 0.0110. The van der Waals surface area contributed by atoms with Crippen molar-refractivity contribution in [3.8, 4) is 0 Å². The Morgan fingerprint density at radius 3 is 2.18 bits per heavy atom. The highest BCUT2D eigenvalue weighted by atomic mass is 16.3. The van der Waals surface area contributed by atoms with Crippen LogP contribution in [0.4, 0.5) is 0 Å². The summed E-state index contributed by atoms with van der Waals surface area (Å²) in [5, 5.41) is 12.2. The summed E-state index contributed by atoms with van der Waals surface area (Å²) in [7, 11) is 0. The number of aliphatic hydroxyl groups is 1. The van der Waals surface area contributed by atoms with Gasteiger partial charge in [0.25, 0.3) is 0 Å². The fraction of sp³-hybridized carbons (Fsp3) is 0.929. The average molecular weight is 243 g/mol. The number of carbonyl (C=O) groups excluding carboxylic acids is 1. The molecule has 0 radical (unpaired) electrons. The lowest BCUT2D eigenvalue weighted by Gasteiger charge is -2.29. The van der Waals surface area contributed by atoms with Gasteiger partial charge >= 0.3 is 0 Å². The first-order valence-corrected chi connectivity index (χ1v) is 6.54. The predicted molar refractivity (Wildman–Crippen MR) is 71.8 cm³/mol. The topological polar surface area (TPSA) is 49.3 Å². The summed E-state index contributed by atoms with van der Waals surface area (Å²) in [5.41, 5.74) is -0.219. The van der Waals surface area contributed by atoms with Crippen LogP contribution >= 0.6 is 0 Å². The van der Waals surface area contributed by atoms with Crippen molar-refractivity contribution >= 4 is 5.91 Å². The lowest BCUT2D eigenvalue weighted by molar-refractivity contribution is -0.124. The molecule has 0 aliphatic rings. The second-order valence-electron chi connectivity index (χ2n) is 6.69. The summed E-state index contributed by atoms with van der Waals surface area (Å²) in [5.74, 6) is 0.412. The molecule has 3 heteroatoms. The number of nitrogens with one attached hydrogen (secondary N) is 1. The van der Waals surface area contributed by atoms with Crippen molar-refractivity contribution in [1.82, 2.24) is 5.32 Å². The normalized spacial score (nSPS) is 17.4. The largest absolute Gasteiger partial charge is 0.394 e. The van der Waals surface area contributed by atoms with E-state index < -0.39 is 5.54 Å². The van der Waals surface area contributed by atoms with Crippen LogP contribution in [0.25, 0.3) is 0 Å². The van der Waals surface area contributed by atoms with E-state index in [-0.39, 0.29) is 17.9 Å². The van der Waals surface area contributed by atoms with Gasteiger partial charge in [-0.1, -0.05) is 34.6 Å². The summed E-state index contributed by atoms with van der Waals surface area (Å²) >= 11 is 0. The fourth-order valence-corrected chi connectivity index (χ4v) is 2.06. The molecular weight excluding hydrogens is 214 g/mol. The predicted octanol–water partition coefficient (Wildman–Crippen LogP) is 2.73. The van der Waals surface area contributed by atoms with Crippen LogP contribution in [0.5, 0.6) is 0 Å². The molecule has 0 aliphatic heterocycles. The van der Waals surface area contributed by atoms with Crippen molar-refractivity contribution in [2.45, 2.75) is 66.3 Å². The molecule has 0 aromatic carbocycles. The van der Waals surface area contributed by atoms with Crippen LogP contribution < -0.4 is 5.32 Å². The summed E-state index contributed by atoms with van der Waals surface area (Å²) < 4.78 is 0. The van der Waals surface area contributed by atoms with Crippen molar-refractivity contribution in [1.29, 1.82) is 0 Å². The minimum atomic E-state index is -0.474. The molecule has 0 bridgehead atoms. The van der Waals surface area contributed by atoms with Crippen molar-refractivity contribution in [2.75, 3.05) is 6.61 Å². The highest BCUT2D eigenvalue weighted by Gasteiger charge is 2.24. The van der Waals surface area contributed by atoms with E-state index in [1.165, 1.54) is 0 Å². The molecule has 0 aliphatic carbocycles. The third kappa shape index (κ3) is 7.37. The number of hydrogen-bond donors (Lipinski definition) is 2. The van der Waals surface area contributed by atoms with Crippen LogP contribution in [-0.2, 0) is 4.79 Å². The molecule has 2 atom stereocenters. The van der Waals surface area contributed by atoms with Gasteiger partial charge in [-0.05, 0) is 31.1 Å². The Hall–Kier alpha value is -0.570. The van der Waals surface area contributed by atoms with Gasteiger partial charge in [0.05, 0.1) is 12.1 Å². The molecule has 0 saturated heterocycles. The molecule has 0 saturated carbocycles. The van der Waals surface area contributed by atoms with Crippen molar-refractivity contribution in [2.24, 2.45) is 11.3 Å². The van der Waals surface area contributed by atoms with Crippen LogP contribution in [0.1, 0.15) is 60.8 Å². The van der Waals surface area contributed by atoms with Gasteiger partial charge in [-0.25, -0.2) is 0 Å². The van der Waals surface area contributed by atoms with Crippen LogP contribution in [0.2, 0.25) is 0 Å². The number of hydrogen-bond acceptors (Lipinski definition) is 2. The number of rotatable bonds is 6. The summed E-state index contributed by atoms with van der Waals surface area (Å²) in [6.07, 6.45) is 2.30. The Morgan fingerprint density at radius 2 is 1.82 bits per heavy atom. The van der Waals surface area contributed by atoms with Crippen LogP contribution in [0.15, 0.2) is 0 Å². The zero-order valence-corrected chi connectivity index (χ0v) is 12.3. The van der Waals surface area contributed by atoms with Crippen LogP contribution in [0, 0.1) is 11.3 Å². The SMILES string of the molecule is CCC(C)(CO)NC(=O)CC(C)CC(C)(C)C. The zero-order chi connectivity index (χ0) is 13.7. The molecular formula is C14H29NO2. The van der Waals surface area contributed by atoms with Crippen molar-refractivity contribution in [3.05, 3.63) is 0 Å². The standard InChI is InChI=1S/C14H29NO2/c1-7-14(6,10-16)15-12(17)8-11(2)9-13(3,4)5/h11,16H,7-10H2,1-6H3,(H,15,17). The van der Waals surface area contributed by atoms with Gasteiger partial charge in [-0.3, -0.25) is 4.79 Å². The summed E-state index contributed by atoms with van der Waals surface area (Å²) in [6, 6.07) is 0. The lowest BCUT2D eigenvalue weighted by Crippen LogP contribution is -2.48. The molecule has 0 rings (SSSR count). The Labute approximate surface area is 106 Å². The van der Waals surface area contributed by atoms with Gasteiger partial charge in [0.1, 0.15) is 0 Å². The van der Waals surface area contributed by atoms with E-state index in [2.05, 4.69) is 33.0 Å². The second kappa shape index (κ2) is 6.39. The Bertz CT molecular complexity index is 239. The first-order chi connectivity index (χ1) is 7.62. The number of carbonyl (C=O) groups is 1. The molecule has 102 valence electrons. The van der Waals surface area contributed by atoms with Gasteiger partial charge in [-0.15, -0.1) is 0 Å². The van der Waals surface area contributed by atoms with E-state index in [0.717, 1.165) is 12.8 Å². The molecule has 0 fully saturated rings. The highest BCUT2D eigenvalue weighted by Crippen LogP contribution is 2.26. The van der Waals surface area contributed by atoms with E-state index in [9.17, 15) is 9.90 Å². The Kier molecular flexibility index (Phi) is 6.17. The second-order valence-corrected chi connectivity index (χ2v) is 6.69. The van der Waals surface area contributed by atoms with Gasteiger partial charge in [0.2, 0.25) is 5.91 Å². The van der Waals surface area contributed by atoms with E-state index >= 15 is 0 Å². The van der Waals surface area contributed by atoms with Gasteiger partial charge in [0.15, 0.2) is 0 Å². The third-order valence-corrected chi connectivity index (χ3v) is 3.07. The van der Waals surface area contributed by atoms with Crippen molar-refractivity contribution < 1.29 is 9.90 Å². The average Bonchev–Trinajstić information content (AvgIpc) is 2.14. The van der Waals surface area contributed by atoms with Gasteiger partial charge < -0.3 is 10.4 Å². The van der Waals surface area contributed by atoms with Crippen molar-refractivity contribution in [3.63, 3.8) is 0 Å². The molecule has 0 heterocycles. The molecule has 1 amide bonds. The maximum Gasteiger partial charge on any atom is 0.220 e. The van der Waals surface area contributed by atoms with E-state index in [1.54, 1.807) is 0 Å². The molecule has 0 aromatic heterocycles. The van der Waals surface area contributed by atoms with E-state index in [4.69, 9.17) is 0 Å². The number of amides is 1. The van der Waals surface area contributed by atoms with Gasteiger partial charge in [0, 0.05) is 6.42 Å². The molecule has 3 nitrogen and oxygen atoms in total. The smallest absolute Gasteiger partial charge is 0.220 e. The quantitative estimate of drug-likeness (QED) is 0.753. The van der Waals surface area contributed by atoms with E-state index in [0.29, 0.717) is 12.3 Å². The van der Waals surface area contributed by atoms with Gasteiger partial charge in [-0.2, -0.15) is 0 Å². The molecule has 2 unspecified atom stereocenters. The Morgan fingerprint density at radius 1 is 1.29 bits per heavy atom. The Balaban J connectivity index is 4.18. The zero-order valence-electron chi connectivity index (χ0n) is 12.3. The van der Waals surface area contributed by atoms with E-state index in [1.807, 2.05) is 13.8 Å². The van der Waals surface area contributed by atoms with Crippen LogP contribution in [0.3, 0.4) is 0 Å². The maximum atomic E-state index is 11.9. The first kappa shape index (κ1) is 16.4. The molecule has 0 aromatic rings. The lowest BCUT2D eigenvalue weighted by atomic mass is 9.84. The monoisotopic (exact) mass is 243 g/mol. The molecule has 17 heavy (non-hydrogen) atoms. The molecule has 0 spiro atoms. The molecule has 2 N–H and O–H groups in total. The highest BCUT2D eigenvalue weighted by molar-refractivity contribution is 5.77. The third-order valence-electron chi connectivity index (χ3n) is 3.07. The van der Waals surface area contributed by atoms with Crippen LogP contribution in [-0.4, -0.2) is 23.2 Å². The number of aliphatic hydroxyl groups excluding tert-OH is 1. The summed E-state index contributed by atoms with van der Waals surface area (Å²) in [4.78, 5) is 11.9. The fourth-order valence-electron chi connectivity index (χ4n) is 2.06.